The van der Waals surface area contributed by atoms with Crippen LogP contribution in [0.15, 0.2) is 47.6 Å². The molecule has 1 aromatic heterocycles. The van der Waals surface area contributed by atoms with Gasteiger partial charge >= 0.3 is 0 Å². The first-order valence-corrected chi connectivity index (χ1v) is 9.94. The Morgan fingerprint density at radius 2 is 1.87 bits per heavy atom. The number of halogens is 4. The lowest BCUT2D eigenvalue weighted by Gasteiger charge is -2.09. The molecule has 0 aliphatic carbocycles. The number of aryl methyl sites for hydroxylation is 1. The van der Waals surface area contributed by atoms with Gasteiger partial charge in [0.15, 0.2) is 6.61 Å². The quantitative estimate of drug-likeness (QED) is 0.286. The molecular formula is C21H17Cl3FN3O2. The van der Waals surface area contributed by atoms with E-state index in [-0.39, 0.29) is 28.2 Å². The standard InChI is InChI=1S/C21H17Cl3FN3O2/c1-12-7-14(13(2)28(12)17-5-3-16(25)4-6-17)10-26-27-20(29)11-30-19-9-15(22)8-18(23)21(19)24/h3-10H,11H2,1-2H3,(H,27,29)/b26-10+. The molecule has 0 atom stereocenters. The molecular weight excluding hydrogens is 452 g/mol. The van der Waals surface area contributed by atoms with E-state index in [1.165, 1.54) is 30.5 Å². The summed E-state index contributed by atoms with van der Waals surface area (Å²) in [5.41, 5.74) is 5.88. The van der Waals surface area contributed by atoms with Crippen molar-refractivity contribution in [1.82, 2.24) is 9.99 Å². The van der Waals surface area contributed by atoms with Gasteiger partial charge in [0, 0.05) is 33.7 Å². The minimum atomic E-state index is -0.481. The van der Waals surface area contributed by atoms with Gasteiger partial charge in [-0.1, -0.05) is 34.8 Å². The van der Waals surface area contributed by atoms with Crippen LogP contribution in [0.25, 0.3) is 5.69 Å². The summed E-state index contributed by atoms with van der Waals surface area (Å²) in [5.74, 6) is -0.573. The summed E-state index contributed by atoms with van der Waals surface area (Å²) in [6, 6.07) is 11.1. The fourth-order valence-corrected chi connectivity index (χ4v) is 3.53. The molecule has 0 unspecified atom stereocenters. The zero-order chi connectivity index (χ0) is 21.8. The topological polar surface area (TPSA) is 55.6 Å². The largest absolute Gasteiger partial charge is 0.482 e. The van der Waals surface area contributed by atoms with Crippen LogP contribution < -0.4 is 10.2 Å². The van der Waals surface area contributed by atoms with E-state index in [0.29, 0.717) is 5.02 Å². The maximum atomic E-state index is 13.2. The Kier molecular flexibility index (Phi) is 7.02. The van der Waals surface area contributed by atoms with Crippen molar-refractivity contribution < 1.29 is 13.9 Å². The van der Waals surface area contributed by atoms with E-state index in [4.69, 9.17) is 39.5 Å². The highest BCUT2D eigenvalue weighted by molar-refractivity contribution is 6.44. The molecule has 0 spiro atoms. The fraction of sp³-hybridized carbons (Fsp3) is 0.143. The number of benzene rings is 2. The van der Waals surface area contributed by atoms with Gasteiger partial charge in [0.25, 0.3) is 5.91 Å². The van der Waals surface area contributed by atoms with Gasteiger partial charge in [0.2, 0.25) is 0 Å². The molecule has 1 heterocycles. The molecule has 156 valence electrons. The zero-order valence-corrected chi connectivity index (χ0v) is 18.3. The fourth-order valence-electron chi connectivity index (χ4n) is 2.89. The normalized spacial score (nSPS) is 11.1. The number of carbonyl (C=O) groups is 1. The SMILES string of the molecule is Cc1cc(/C=N/NC(=O)COc2cc(Cl)cc(Cl)c2Cl)c(C)n1-c1ccc(F)cc1. The average Bonchev–Trinajstić information content (AvgIpc) is 2.97. The molecule has 5 nitrogen and oxygen atoms in total. The van der Waals surface area contributed by atoms with Gasteiger partial charge in [-0.15, -0.1) is 0 Å². The Morgan fingerprint density at radius 1 is 1.17 bits per heavy atom. The molecule has 0 fully saturated rings. The summed E-state index contributed by atoms with van der Waals surface area (Å²) >= 11 is 17.9. The molecule has 1 amide bonds. The molecule has 0 saturated heterocycles. The Morgan fingerprint density at radius 3 is 2.57 bits per heavy atom. The van der Waals surface area contributed by atoms with Crippen LogP contribution >= 0.6 is 34.8 Å². The maximum Gasteiger partial charge on any atom is 0.277 e. The molecule has 0 bridgehead atoms. The number of nitrogens with one attached hydrogen (secondary N) is 1. The Labute approximate surface area is 188 Å². The summed E-state index contributed by atoms with van der Waals surface area (Å²) in [6.07, 6.45) is 1.53. The molecule has 1 N–H and O–H groups in total. The minimum absolute atomic E-state index is 0.172. The van der Waals surface area contributed by atoms with Gasteiger partial charge in [-0.3, -0.25) is 4.79 Å². The molecule has 30 heavy (non-hydrogen) atoms. The second-order valence-corrected chi connectivity index (χ2v) is 7.64. The second-order valence-electron chi connectivity index (χ2n) is 6.42. The highest BCUT2D eigenvalue weighted by Gasteiger charge is 2.11. The van der Waals surface area contributed by atoms with Crippen molar-refractivity contribution in [3.05, 3.63) is 80.3 Å². The van der Waals surface area contributed by atoms with Gasteiger partial charge in [-0.05, 0) is 50.2 Å². The zero-order valence-electron chi connectivity index (χ0n) is 16.0. The molecule has 0 aliphatic heterocycles. The number of nitrogens with zero attached hydrogens (tertiary/aromatic N) is 2. The first-order chi connectivity index (χ1) is 14.3. The minimum Gasteiger partial charge on any atom is -0.482 e. The number of ether oxygens (including phenoxy) is 1. The summed E-state index contributed by atoms with van der Waals surface area (Å²) in [5, 5.41) is 4.72. The lowest BCUT2D eigenvalue weighted by atomic mass is 10.2. The Balaban J connectivity index is 1.64. The van der Waals surface area contributed by atoms with Crippen LogP contribution in [0, 0.1) is 19.7 Å². The third kappa shape index (κ3) is 5.14. The molecule has 0 saturated carbocycles. The van der Waals surface area contributed by atoms with Gasteiger partial charge in [-0.2, -0.15) is 5.10 Å². The van der Waals surface area contributed by atoms with Gasteiger partial charge in [0.05, 0.1) is 11.2 Å². The van der Waals surface area contributed by atoms with E-state index in [0.717, 1.165) is 22.6 Å². The third-order valence-corrected chi connectivity index (χ3v) is 5.27. The van der Waals surface area contributed by atoms with Crippen LogP contribution in [0.4, 0.5) is 4.39 Å². The number of hydrazone groups is 1. The number of aromatic nitrogens is 1. The van der Waals surface area contributed by atoms with Crippen LogP contribution in [-0.4, -0.2) is 23.3 Å². The number of hydrogen-bond donors (Lipinski definition) is 1. The summed E-state index contributed by atoms with van der Waals surface area (Å²) < 4.78 is 20.5. The van der Waals surface area contributed by atoms with Crippen molar-refractivity contribution in [2.45, 2.75) is 13.8 Å². The number of amides is 1. The summed E-state index contributed by atoms with van der Waals surface area (Å²) in [4.78, 5) is 12.0. The lowest BCUT2D eigenvalue weighted by molar-refractivity contribution is -0.123. The monoisotopic (exact) mass is 467 g/mol. The van der Waals surface area contributed by atoms with Crippen molar-refractivity contribution in [2.24, 2.45) is 5.10 Å². The van der Waals surface area contributed by atoms with Crippen LogP contribution in [0.1, 0.15) is 17.0 Å². The van der Waals surface area contributed by atoms with E-state index < -0.39 is 5.91 Å². The first-order valence-electron chi connectivity index (χ1n) is 8.80. The third-order valence-electron chi connectivity index (χ3n) is 4.27. The van der Waals surface area contributed by atoms with Gasteiger partial charge in [0.1, 0.15) is 16.6 Å². The molecule has 3 aromatic rings. The number of carbonyl (C=O) groups excluding carboxylic acids is 1. The number of hydrogen-bond acceptors (Lipinski definition) is 3. The Hall–Kier alpha value is -2.54. The van der Waals surface area contributed by atoms with E-state index in [1.807, 2.05) is 24.5 Å². The second kappa shape index (κ2) is 9.51. The van der Waals surface area contributed by atoms with Crippen LogP contribution in [0.5, 0.6) is 5.75 Å². The summed E-state index contributed by atoms with van der Waals surface area (Å²) in [6.45, 7) is 3.52. The van der Waals surface area contributed by atoms with Crippen molar-refractivity contribution in [2.75, 3.05) is 6.61 Å². The highest BCUT2D eigenvalue weighted by atomic mass is 35.5. The predicted octanol–water partition coefficient (Wildman–Crippen LogP) is 5.72. The van der Waals surface area contributed by atoms with Crippen molar-refractivity contribution in [3.63, 3.8) is 0 Å². The van der Waals surface area contributed by atoms with Crippen LogP contribution in [0.2, 0.25) is 15.1 Å². The van der Waals surface area contributed by atoms with E-state index in [2.05, 4.69) is 10.5 Å². The van der Waals surface area contributed by atoms with Crippen molar-refractivity contribution in [1.29, 1.82) is 0 Å². The number of rotatable bonds is 6. The van der Waals surface area contributed by atoms with Crippen LogP contribution in [-0.2, 0) is 4.79 Å². The van der Waals surface area contributed by atoms with Crippen molar-refractivity contribution in [3.8, 4) is 11.4 Å². The highest BCUT2D eigenvalue weighted by Crippen LogP contribution is 2.35. The predicted molar refractivity (Wildman–Crippen MR) is 118 cm³/mol. The van der Waals surface area contributed by atoms with E-state index in [1.54, 1.807) is 12.1 Å². The smallest absolute Gasteiger partial charge is 0.277 e. The molecule has 2 aromatic carbocycles. The summed E-state index contributed by atoms with van der Waals surface area (Å²) in [7, 11) is 0. The van der Waals surface area contributed by atoms with Gasteiger partial charge in [-0.25, -0.2) is 9.82 Å². The van der Waals surface area contributed by atoms with E-state index in [9.17, 15) is 9.18 Å². The first kappa shape index (κ1) is 22.2. The Bertz CT molecular complexity index is 1110. The maximum absolute atomic E-state index is 13.2. The average molecular weight is 469 g/mol. The molecule has 0 radical (unpaired) electrons. The molecule has 3 rings (SSSR count). The molecule has 9 heteroatoms. The van der Waals surface area contributed by atoms with Gasteiger partial charge < -0.3 is 9.30 Å². The van der Waals surface area contributed by atoms with Crippen molar-refractivity contribution >= 4 is 46.9 Å². The van der Waals surface area contributed by atoms with E-state index >= 15 is 0 Å². The van der Waals surface area contributed by atoms with Crippen LogP contribution in [0.3, 0.4) is 0 Å². The molecule has 0 aliphatic rings. The lowest BCUT2D eigenvalue weighted by Crippen LogP contribution is -2.24.